The molecule has 62 valence electrons. The summed E-state index contributed by atoms with van der Waals surface area (Å²) < 4.78 is 5.79. The summed E-state index contributed by atoms with van der Waals surface area (Å²) in [6.07, 6.45) is 1.62. The molecule has 2 rings (SSSR count). The van der Waals surface area contributed by atoms with Gasteiger partial charge in [-0.05, 0) is 22.0 Å². The molecule has 0 saturated carbocycles. The van der Waals surface area contributed by atoms with Crippen LogP contribution >= 0.6 is 27.3 Å². The van der Waals surface area contributed by atoms with Crippen molar-refractivity contribution < 1.29 is 4.52 Å². The van der Waals surface area contributed by atoms with Crippen LogP contribution < -0.4 is 5.73 Å². The molecule has 0 spiro atoms. The average molecular weight is 245 g/mol. The lowest BCUT2D eigenvalue weighted by molar-refractivity contribution is 0.437. The van der Waals surface area contributed by atoms with E-state index in [9.17, 15) is 0 Å². The Morgan fingerprint density at radius 3 is 2.92 bits per heavy atom. The van der Waals surface area contributed by atoms with Crippen molar-refractivity contribution in [3.8, 4) is 10.4 Å². The maximum atomic E-state index is 5.54. The Bertz CT molecular complexity index is 396. The highest BCUT2D eigenvalue weighted by atomic mass is 79.9. The minimum atomic E-state index is 0.365. The number of nitrogens with two attached hydrogens (primary N) is 1. The van der Waals surface area contributed by atoms with E-state index in [0.29, 0.717) is 5.88 Å². The largest absolute Gasteiger partial charge is 0.367 e. The zero-order valence-electron chi connectivity index (χ0n) is 5.95. The fourth-order valence-corrected chi connectivity index (χ4v) is 2.33. The molecule has 3 nitrogen and oxygen atoms in total. The fourth-order valence-electron chi connectivity index (χ4n) is 0.888. The second-order valence-electron chi connectivity index (χ2n) is 2.23. The highest BCUT2D eigenvalue weighted by molar-refractivity contribution is 9.10. The number of aromatic nitrogens is 1. The van der Waals surface area contributed by atoms with Crippen molar-refractivity contribution in [2.75, 3.05) is 5.73 Å². The first-order valence-electron chi connectivity index (χ1n) is 3.22. The Hall–Kier alpha value is -0.810. The summed E-state index contributed by atoms with van der Waals surface area (Å²) in [5.74, 6) is 0.365. The molecule has 0 fully saturated rings. The molecule has 2 aromatic heterocycles. The molecule has 2 N–H and O–H groups in total. The zero-order valence-corrected chi connectivity index (χ0v) is 8.35. The molecule has 0 atom stereocenters. The monoisotopic (exact) mass is 244 g/mol. The molecule has 0 aromatic carbocycles. The van der Waals surface area contributed by atoms with Crippen molar-refractivity contribution in [1.29, 1.82) is 0 Å². The van der Waals surface area contributed by atoms with Gasteiger partial charge < -0.3 is 10.3 Å². The maximum absolute atomic E-state index is 5.54. The van der Waals surface area contributed by atoms with Gasteiger partial charge in [0.25, 0.3) is 0 Å². The zero-order chi connectivity index (χ0) is 8.55. The molecule has 0 saturated heterocycles. The summed E-state index contributed by atoms with van der Waals surface area (Å²) in [5.41, 5.74) is 6.40. The lowest BCUT2D eigenvalue weighted by Crippen LogP contribution is -1.81. The van der Waals surface area contributed by atoms with Gasteiger partial charge in [0.05, 0.1) is 11.8 Å². The molecular weight excluding hydrogens is 240 g/mol. The van der Waals surface area contributed by atoms with Gasteiger partial charge in [0, 0.05) is 14.7 Å². The molecule has 0 aliphatic heterocycles. The average Bonchev–Trinajstić information content (AvgIpc) is 2.58. The topological polar surface area (TPSA) is 52.0 Å². The second kappa shape index (κ2) is 2.91. The molecular formula is C7H5BrN2OS. The third kappa shape index (κ3) is 1.25. The second-order valence-corrected chi connectivity index (χ2v) is 4.06. The standard InChI is InChI=1S/C7H5BrN2OS/c8-4-1-6(12-3-4)5-2-10-11-7(5)9/h1-3H,9H2. The van der Waals surface area contributed by atoms with Crippen LogP contribution in [0.4, 0.5) is 5.88 Å². The van der Waals surface area contributed by atoms with Gasteiger partial charge in [-0.1, -0.05) is 5.16 Å². The number of hydrogen-bond donors (Lipinski definition) is 1. The van der Waals surface area contributed by atoms with Crippen LogP contribution in [-0.2, 0) is 0 Å². The molecule has 0 aliphatic rings. The van der Waals surface area contributed by atoms with Crippen molar-refractivity contribution in [2.24, 2.45) is 0 Å². The van der Waals surface area contributed by atoms with Crippen molar-refractivity contribution in [3.05, 3.63) is 22.1 Å². The van der Waals surface area contributed by atoms with E-state index in [4.69, 9.17) is 10.3 Å². The van der Waals surface area contributed by atoms with E-state index in [2.05, 4.69) is 21.1 Å². The number of thiophene rings is 1. The Kier molecular flexibility index (Phi) is 1.90. The van der Waals surface area contributed by atoms with Crippen LogP contribution in [0.5, 0.6) is 0 Å². The molecule has 0 aliphatic carbocycles. The van der Waals surface area contributed by atoms with Crippen LogP contribution in [0, 0.1) is 0 Å². The maximum Gasteiger partial charge on any atom is 0.230 e. The smallest absolute Gasteiger partial charge is 0.230 e. The SMILES string of the molecule is Nc1oncc1-c1cc(Br)cs1. The summed E-state index contributed by atoms with van der Waals surface area (Å²) in [6, 6.07) is 1.98. The summed E-state index contributed by atoms with van der Waals surface area (Å²) >= 11 is 4.96. The Morgan fingerprint density at radius 2 is 2.42 bits per heavy atom. The summed E-state index contributed by atoms with van der Waals surface area (Å²) in [6.45, 7) is 0. The lowest BCUT2D eigenvalue weighted by Gasteiger charge is -1.88. The van der Waals surface area contributed by atoms with Crippen LogP contribution in [0.1, 0.15) is 0 Å². The minimum Gasteiger partial charge on any atom is -0.367 e. The quantitative estimate of drug-likeness (QED) is 0.840. The van der Waals surface area contributed by atoms with Crippen LogP contribution in [0.3, 0.4) is 0 Å². The summed E-state index contributed by atoms with van der Waals surface area (Å²) in [7, 11) is 0. The van der Waals surface area contributed by atoms with E-state index >= 15 is 0 Å². The normalized spacial score (nSPS) is 10.4. The first-order chi connectivity index (χ1) is 5.77. The molecule has 0 unspecified atom stereocenters. The molecule has 2 aromatic rings. The molecule has 0 amide bonds. The van der Waals surface area contributed by atoms with Crippen LogP contribution in [0.25, 0.3) is 10.4 Å². The number of nitrogen functional groups attached to an aromatic ring is 1. The van der Waals surface area contributed by atoms with Gasteiger partial charge in [-0.25, -0.2) is 0 Å². The predicted molar refractivity (Wildman–Crippen MR) is 51.9 cm³/mol. The number of nitrogens with zero attached hydrogens (tertiary/aromatic N) is 1. The molecule has 12 heavy (non-hydrogen) atoms. The number of anilines is 1. The van der Waals surface area contributed by atoms with Gasteiger partial charge in [-0.2, -0.15) is 0 Å². The van der Waals surface area contributed by atoms with E-state index in [1.165, 1.54) is 0 Å². The van der Waals surface area contributed by atoms with Gasteiger partial charge in [-0.3, -0.25) is 0 Å². The van der Waals surface area contributed by atoms with Crippen molar-refractivity contribution >= 4 is 33.2 Å². The Labute approximate surface area is 81.3 Å². The molecule has 0 radical (unpaired) electrons. The van der Waals surface area contributed by atoms with Crippen LogP contribution in [0.15, 0.2) is 26.6 Å². The molecule has 2 heterocycles. The van der Waals surface area contributed by atoms with E-state index in [1.807, 2.05) is 11.4 Å². The van der Waals surface area contributed by atoms with Crippen molar-refractivity contribution in [2.45, 2.75) is 0 Å². The highest BCUT2D eigenvalue weighted by Crippen LogP contribution is 2.32. The third-order valence-electron chi connectivity index (χ3n) is 1.43. The third-order valence-corrected chi connectivity index (χ3v) is 3.16. The fraction of sp³-hybridized carbons (Fsp3) is 0. The van der Waals surface area contributed by atoms with E-state index in [-0.39, 0.29) is 0 Å². The van der Waals surface area contributed by atoms with Crippen molar-refractivity contribution in [3.63, 3.8) is 0 Å². The number of hydrogen-bond acceptors (Lipinski definition) is 4. The number of halogens is 1. The van der Waals surface area contributed by atoms with E-state index < -0.39 is 0 Å². The first kappa shape index (κ1) is 7.82. The highest BCUT2D eigenvalue weighted by Gasteiger charge is 2.08. The predicted octanol–water partition coefficient (Wildman–Crippen LogP) is 2.75. The first-order valence-corrected chi connectivity index (χ1v) is 4.89. The van der Waals surface area contributed by atoms with Gasteiger partial charge in [0.2, 0.25) is 5.88 Å². The number of rotatable bonds is 1. The van der Waals surface area contributed by atoms with Gasteiger partial charge in [-0.15, -0.1) is 11.3 Å². The molecule has 5 heteroatoms. The van der Waals surface area contributed by atoms with Crippen LogP contribution in [-0.4, -0.2) is 5.16 Å². The summed E-state index contributed by atoms with van der Waals surface area (Å²) in [4.78, 5) is 1.06. The molecule has 0 bridgehead atoms. The Morgan fingerprint density at radius 1 is 1.58 bits per heavy atom. The van der Waals surface area contributed by atoms with Crippen molar-refractivity contribution in [1.82, 2.24) is 5.16 Å². The van der Waals surface area contributed by atoms with Gasteiger partial charge in [0.1, 0.15) is 0 Å². The summed E-state index contributed by atoms with van der Waals surface area (Å²) in [5, 5.41) is 5.59. The Balaban J connectivity index is 2.50. The van der Waals surface area contributed by atoms with Crippen LogP contribution in [0.2, 0.25) is 0 Å². The lowest BCUT2D eigenvalue weighted by atomic mass is 10.3. The minimum absolute atomic E-state index is 0.365. The van der Waals surface area contributed by atoms with Gasteiger partial charge in [0.15, 0.2) is 0 Å². The van der Waals surface area contributed by atoms with Gasteiger partial charge >= 0.3 is 0 Å². The van der Waals surface area contributed by atoms with E-state index in [1.54, 1.807) is 17.5 Å². The van der Waals surface area contributed by atoms with E-state index in [0.717, 1.165) is 14.9 Å².